The summed E-state index contributed by atoms with van der Waals surface area (Å²) in [6.45, 7) is 2.72. The van der Waals surface area contributed by atoms with Gasteiger partial charge in [0.1, 0.15) is 0 Å². The van der Waals surface area contributed by atoms with Crippen molar-refractivity contribution in [2.75, 3.05) is 18.1 Å². The number of rotatable bonds is 4. The average Bonchev–Trinajstić information content (AvgIpc) is 2.38. The van der Waals surface area contributed by atoms with Crippen molar-refractivity contribution in [3.63, 3.8) is 0 Å². The summed E-state index contributed by atoms with van der Waals surface area (Å²) in [5.41, 5.74) is -0.652. The summed E-state index contributed by atoms with van der Waals surface area (Å²) in [5.74, 6) is 3.47. The normalized spacial score (nSPS) is 30.8. The topological polar surface area (TPSA) is 49.3 Å². The summed E-state index contributed by atoms with van der Waals surface area (Å²) in [6.07, 6.45) is 7.22. The number of hydrogen-bond acceptors (Lipinski definition) is 3. The first kappa shape index (κ1) is 15.2. The molecule has 0 radical (unpaired) electrons. The third-order valence-corrected chi connectivity index (χ3v) is 5.54. The zero-order valence-corrected chi connectivity index (χ0v) is 12.8. The number of carbonyl (C=O) groups is 1. The van der Waals surface area contributed by atoms with E-state index >= 15 is 0 Å². The fourth-order valence-corrected chi connectivity index (χ4v) is 4.52. The highest BCUT2D eigenvalue weighted by Gasteiger charge is 2.30. The second-order valence-electron chi connectivity index (χ2n) is 6.46. The summed E-state index contributed by atoms with van der Waals surface area (Å²) in [7, 11) is 0. The molecule has 19 heavy (non-hydrogen) atoms. The van der Waals surface area contributed by atoms with Crippen molar-refractivity contribution in [1.29, 1.82) is 0 Å². The van der Waals surface area contributed by atoms with Gasteiger partial charge in [0.25, 0.3) is 0 Å². The standard InChI is InChI=1S/C15H27NO2S/c1-12-3-2-4-13(9-12)10-14(17)16-11-15(18)5-7-19-8-6-15/h12-13,18H,2-11H2,1H3,(H,16,17). The van der Waals surface area contributed by atoms with Gasteiger partial charge in [0.15, 0.2) is 0 Å². The Labute approximate surface area is 120 Å². The molecule has 1 saturated carbocycles. The largest absolute Gasteiger partial charge is 0.388 e. The number of aliphatic hydroxyl groups is 1. The Kier molecular flexibility index (Phi) is 5.58. The van der Waals surface area contributed by atoms with E-state index in [-0.39, 0.29) is 5.91 Å². The van der Waals surface area contributed by atoms with E-state index in [0.29, 0.717) is 18.9 Å². The molecular formula is C15H27NO2S. The summed E-state index contributed by atoms with van der Waals surface area (Å²) in [4.78, 5) is 12.0. The lowest BCUT2D eigenvalue weighted by atomic mass is 9.81. The van der Waals surface area contributed by atoms with Crippen LogP contribution in [0.1, 0.15) is 51.9 Å². The third-order valence-electron chi connectivity index (χ3n) is 4.56. The molecule has 0 aromatic rings. The molecule has 1 amide bonds. The van der Waals surface area contributed by atoms with Gasteiger partial charge in [-0.05, 0) is 49.0 Å². The van der Waals surface area contributed by atoms with Crippen molar-refractivity contribution >= 4 is 17.7 Å². The zero-order valence-electron chi connectivity index (χ0n) is 12.0. The van der Waals surface area contributed by atoms with Crippen molar-refractivity contribution in [2.45, 2.75) is 57.5 Å². The molecular weight excluding hydrogens is 258 g/mol. The van der Waals surface area contributed by atoms with Crippen LogP contribution < -0.4 is 5.32 Å². The van der Waals surface area contributed by atoms with E-state index in [1.807, 2.05) is 11.8 Å². The van der Waals surface area contributed by atoms with Crippen molar-refractivity contribution in [3.05, 3.63) is 0 Å². The Morgan fingerprint density at radius 3 is 2.79 bits per heavy atom. The molecule has 0 aromatic carbocycles. The average molecular weight is 285 g/mol. The Morgan fingerprint density at radius 1 is 1.37 bits per heavy atom. The minimum atomic E-state index is -0.652. The Balaban J connectivity index is 1.69. The van der Waals surface area contributed by atoms with Crippen LogP contribution in [0.4, 0.5) is 0 Å². The van der Waals surface area contributed by atoms with Gasteiger partial charge in [-0.2, -0.15) is 11.8 Å². The van der Waals surface area contributed by atoms with Crippen LogP contribution in [0.25, 0.3) is 0 Å². The predicted molar refractivity (Wildman–Crippen MR) is 80.3 cm³/mol. The van der Waals surface area contributed by atoms with Gasteiger partial charge >= 0.3 is 0 Å². The van der Waals surface area contributed by atoms with Crippen LogP contribution in [0.3, 0.4) is 0 Å². The molecule has 1 heterocycles. The first-order valence-electron chi connectivity index (χ1n) is 7.64. The molecule has 2 fully saturated rings. The molecule has 110 valence electrons. The van der Waals surface area contributed by atoms with Crippen LogP contribution in [0.2, 0.25) is 0 Å². The van der Waals surface area contributed by atoms with Gasteiger partial charge < -0.3 is 10.4 Å². The van der Waals surface area contributed by atoms with E-state index in [1.54, 1.807) is 0 Å². The van der Waals surface area contributed by atoms with E-state index < -0.39 is 5.60 Å². The van der Waals surface area contributed by atoms with Crippen LogP contribution in [0.15, 0.2) is 0 Å². The summed E-state index contributed by atoms with van der Waals surface area (Å²) in [6, 6.07) is 0. The van der Waals surface area contributed by atoms with E-state index in [2.05, 4.69) is 12.2 Å². The van der Waals surface area contributed by atoms with E-state index in [9.17, 15) is 9.90 Å². The number of amides is 1. The maximum absolute atomic E-state index is 12.0. The lowest BCUT2D eigenvalue weighted by molar-refractivity contribution is -0.123. The summed E-state index contributed by atoms with van der Waals surface area (Å²) >= 11 is 1.89. The first-order valence-corrected chi connectivity index (χ1v) is 8.80. The molecule has 0 spiro atoms. The number of thioether (sulfide) groups is 1. The Bertz CT molecular complexity index is 303. The molecule has 1 aliphatic carbocycles. The van der Waals surface area contributed by atoms with Gasteiger partial charge in [-0.1, -0.05) is 19.8 Å². The second kappa shape index (κ2) is 6.98. The van der Waals surface area contributed by atoms with Gasteiger partial charge in [0.05, 0.1) is 5.60 Å². The van der Waals surface area contributed by atoms with Gasteiger partial charge in [-0.15, -0.1) is 0 Å². The molecule has 1 aliphatic heterocycles. The minimum Gasteiger partial charge on any atom is -0.388 e. The zero-order chi connectivity index (χ0) is 13.7. The van der Waals surface area contributed by atoms with Crippen LogP contribution in [0, 0.1) is 11.8 Å². The van der Waals surface area contributed by atoms with Gasteiger partial charge in [-0.25, -0.2) is 0 Å². The lowest BCUT2D eigenvalue weighted by Crippen LogP contribution is -2.45. The highest BCUT2D eigenvalue weighted by atomic mass is 32.2. The van der Waals surface area contributed by atoms with Crippen LogP contribution in [-0.2, 0) is 4.79 Å². The van der Waals surface area contributed by atoms with Gasteiger partial charge in [0, 0.05) is 13.0 Å². The quantitative estimate of drug-likeness (QED) is 0.834. The molecule has 2 rings (SSSR count). The molecule has 2 unspecified atom stereocenters. The predicted octanol–water partition coefficient (Wildman–Crippen LogP) is 2.58. The smallest absolute Gasteiger partial charge is 0.220 e. The first-order chi connectivity index (χ1) is 9.07. The van der Waals surface area contributed by atoms with Crippen molar-refractivity contribution in [3.8, 4) is 0 Å². The highest BCUT2D eigenvalue weighted by molar-refractivity contribution is 7.99. The Hall–Kier alpha value is -0.220. The minimum absolute atomic E-state index is 0.130. The summed E-state index contributed by atoms with van der Waals surface area (Å²) < 4.78 is 0. The molecule has 2 atom stereocenters. The monoisotopic (exact) mass is 285 g/mol. The molecule has 1 saturated heterocycles. The fraction of sp³-hybridized carbons (Fsp3) is 0.933. The summed E-state index contributed by atoms with van der Waals surface area (Å²) in [5, 5.41) is 13.3. The number of hydrogen-bond donors (Lipinski definition) is 2. The van der Waals surface area contributed by atoms with Crippen molar-refractivity contribution in [1.82, 2.24) is 5.32 Å². The molecule has 4 heteroatoms. The molecule has 0 bridgehead atoms. The Morgan fingerprint density at radius 2 is 2.11 bits per heavy atom. The maximum Gasteiger partial charge on any atom is 0.220 e. The SMILES string of the molecule is CC1CCCC(CC(=O)NCC2(O)CCSCC2)C1. The van der Waals surface area contributed by atoms with Crippen molar-refractivity contribution in [2.24, 2.45) is 11.8 Å². The fourth-order valence-electron chi connectivity index (χ4n) is 3.27. The number of nitrogens with one attached hydrogen (secondary N) is 1. The number of carbonyl (C=O) groups excluding carboxylic acids is 1. The van der Waals surface area contributed by atoms with E-state index in [0.717, 1.165) is 30.3 Å². The molecule has 2 N–H and O–H groups in total. The second-order valence-corrected chi connectivity index (χ2v) is 7.68. The van der Waals surface area contributed by atoms with Crippen molar-refractivity contribution < 1.29 is 9.90 Å². The van der Waals surface area contributed by atoms with E-state index in [1.165, 1.54) is 25.7 Å². The molecule has 0 aromatic heterocycles. The van der Waals surface area contributed by atoms with Crippen LogP contribution in [-0.4, -0.2) is 34.7 Å². The molecule has 2 aliphatic rings. The lowest BCUT2D eigenvalue weighted by Gasteiger charge is -2.32. The van der Waals surface area contributed by atoms with Crippen LogP contribution >= 0.6 is 11.8 Å². The van der Waals surface area contributed by atoms with E-state index in [4.69, 9.17) is 0 Å². The van der Waals surface area contributed by atoms with Crippen LogP contribution in [0.5, 0.6) is 0 Å². The highest BCUT2D eigenvalue weighted by Crippen LogP contribution is 2.31. The maximum atomic E-state index is 12.0. The van der Waals surface area contributed by atoms with Gasteiger partial charge in [-0.3, -0.25) is 4.79 Å². The van der Waals surface area contributed by atoms with Gasteiger partial charge in [0.2, 0.25) is 5.91 Å². The third kappa shape index (κ3) is 4.99. The molecule has 3 nitrogen and oxygen atoms in total.